The lowest BCUT2D eigenvalue weighted by Gasteiger charge is -2.09. The molecular weight excluding hydrogens is 293 g/mol. The molecule has 0 aliphatic rings. The molecule has 0 atom stereocenters. The molecule has 0 aliphatic carbocycles. The standard InChI is InChI=1S/C12H10Cl3N3/c1-2-10-17-9(14)6-11(18-10)16-8-5-3-4-7(13)12(8)15/h3-6H,2H2,1H3,(H,16,17,18). The van der Waals surface area contributed by atoms with Gasteiger partial charge in [0.1, 0.15) is 16.8 Å². The van der Waals surface area contributed by atoms with Gasteiger partial charge in [-0.15, -0.1) is 0 Å². The summed E-state index contributed by atoms with van der Waals surface area (Å²) < 4.78 is 0. The molecule has 94 valence electrons. The average Bonchev–Trinajstić information content (AvgIpc) is 2.34. The first-order valence-corrected chi connectivity index (χ1v) is 6.48. The molecule has 0 spiro atoms. The fourth-order valence-corrected chi connectivity index (χ4v) is 1.97. The SMILES string of the molecule is CCc1nc(Cl)cc(Nc2cccc(Cl)c2Cl)n1. The Balaban J connectivity index is 2.34. The highest BCUT2D eigenvalue weighted by Crippen LogP contribution is 2.31. The lowest BCUT2D eigenvalue weighted by Crippen LogP contribution is -2.00. The second-order valence-electron chi connectivity index (χ2n) is 3.57. The van der Waals surface area contributed by atoms with Crippen LogP contribution < -0.4 is 5.32 Å². The number of halogens is 3. The zero-order valence-corrected chi connectivity index (χ0v) is 11.8. The van der Waals surface area contributed by atoms with Crippen molar-refractivity contribution in [3.8, 4) is 0 Å². The Morgan fingerprint density at radius 1 is 1.17 bits per heavy atom. The Hall–Kier alpha value is -1.03. The maximum atomic E-state index is 6.09. The molecule has 0 radical (unpaired) electrons. The minimum atomic E-state index is 0.391. The van der Waals surface area contributed by atoms with Crippen LogP contribution >= 0.6 is 34.8 Å². The van der Waals surface area contributed by atoms with Crippen LogP contribution in [0.1, 0.15) is 12.7 Å². The zero-order chi connectivity index (χ0) is 13.1. The molecule has 0 unspecified atom stereocenters. The maximum Gasteiger partial charge on any atom is 0.135 e. The Kier molecular flexibility index (Phi) is 4.27. The van der Waals surface area contributed by atoms with Crippen molar-refractivity contribution in [1.29, 1.82) is 0 Å². The molecule has 6 heteroatoms. The van der Waals surface area contributed by atoms with E-state index in [1.807, 2.05) is 13.0 Å². The van der Waals surface area contributed by atoms with Crippen LogP contribution in [0.4, 0.5) is 11.5 Å². The van der Waals surface area contributed by atoms with Crippen molar-refractivity contribution >= 4 is 46.3 Å². The first kappa shape index (κ1) is 13.4. The molecule has 1 N–H and O–H groups in total. The van der Waals surface area contributed by atoms with Gasteiger partial charge >= 0.3 is 0 Å². The first-order chi connectivity index (χ1) is 8.60. The fourth-order valence-electron chi connectivity index (χ4n) is 1.43. The number of nitrogens with zero attached hydrogens (tertiary/aromatic N) is 2. The summed E-state index contributed by atoms with van der Waals surface area (Å²) >= 11 is 17.9. The lowest BCUT2D eigenvalue weighted by atomic mass is 10.3. The topological polar surface area (TPSA) is 37.8 Å². The van der Waals surface area contributed by atoms with Gasteiger partial charge in [-0.2, -0.15) is 0 Å². The van der Waals surface area contributed by atoms with Gasteiger partial charge in [-0.05, 0) is 12.1 Å². The Labute approximate surface area is 120 Å². The minimum Gasteiger partial charge on any atom is -0.339 e. The van der Waals surface area contributed by atoms with Gasteiger partial charge in [0.2, 0.25) is 0 Å². The van der Waals surface area contributed by atoms with Crippen LogP contribution in [0.2, 0.25) is 15.2 Å². The molecule has 2 rings (SSSR count). The minimum absolute atomic E-state index is 0.391. The van der Waals surface area contributed by atoms with Gasteiger partial charge in [0.05, 0.1) is 15.7 Å². The van der Waals surface area contributed by atoms with Crippen molar-refractivity contribution in [2.24, 2.45) is 0 Å². The van der Waals surface area contributed by atoms with Gasteiger partial charge in [0, 0.05) is 12.5 Å². The van der Waals surface area contributed by atoms with Crippen LogP contribution in [-0.2, 0) is 6.42 Å². The van der Waals surface area contributed by atoms with E-state index < -0.39 is 0 Å². The van der Waals surface area contributed by atoms with Gasteiger partial charge < -0.3 is 5.32 Å². The zero-order valence-electron chi connectivity index (χ0n) is 9.54. The van der Waals surface area contributed by atoms with Crippen LogP contribution in [0, 0.1) is 0 Å². The molecule has 3 nitrogen and oxygen atoms in total. The third-order valence-corrected chi connectivity index (χ3v) is 3.28. The van der Waals surface area contributed by atoms with Crippen molar-refractivity contribution in [1.82, 2.24) is 9.97 Å². The Bertz CT molecular complexity index is 572. The van der Waals surface area contributed by atoms with Crippen LogP contribution in [0.5, 0.6) is 0 Å². The van der Waals surface area contributed by atoms with E-state index in [1.165, 1.54) is 0 Å². The normalized spacial score (nSPS) is 10.4. The Morgan fingerprint density at radius 2 is 1.94 bits per heavy atom. The average molecular weight is 303 g/mol. The summed E-state index contributed by atoms with van der Waals surface area (Å²) in [5, 5.41) is 4.40. The number of hydrogen-bond donors (Lipinski definition) is 1. The highest BCUT2D eigenvalue weighted by Gasteiger charge is 2.07. The monoisotopic (exact) mass is 301 g/mol. The smallest absolute Gasteiger partial charge is 0.135 e. The van der Waals surface area contributed by atoms with Crippen LogP contribution in [0.15, 0.2) is 24.3 Å². The molecule has 18 heavy (non-hydrogen) atoms. The maximum absolute atomic E-state index is 6.09. The van der Waals surface area contributed by atoms with Crippen molar-refractivity contribution in [2.45, 2.75) is 13.3 Å². The summed E-state index contributed by atoms with van der Waals surface area (Å²) in [6.07, 6.45) is 0.707. The van der Waals surface area contributed by atoms with E-state index in [0.29, 0.717) is 38.9 Å². The van der Waals surface area contributed by atoms with E-state index in [0.717, 1.165) is 0 Å². The molecular formula is C12H10Cl3N3. The molecule has 0 saturated heterocycles. The molecule has 1 aromatic heterocycles. The molecule has 1 heterocycles. The molecule has 0 saturated carbocycles. The molecule has 2 aromatic rings. The van der Waals surface area contributed by atoms with Crippen molar-refractivity contribution in [3.63, 3.8) is 0 Å². The van der Waals surface area contributed by atoms with Gasteiger partial charge in [0.15, 0.2) is 0 Å². The van der Waals surface area contributed by atoms with Gasteiger partial charge in [-0.1, -0.05) is 47.8 Å². The molecule has 1 aromatic carbocycles. The quantitative estimate of drug-likeness (QED) is 0.832. The summed E-state index contributed by atoms with van der Waals surface area (Å²) in [6.45, 7) is 1.96. The molecule has 0 fully saturated rings. The van der Waals surface area contributed by atoms with E-state index in [9.17, 15) is 0 Å². The first-order valence-electron chi connectivity index (χ1n) is 5.34. The summed E-state index contributed by atoms with van der Waals surface area (Å²) in [4.78, 5) is 8.40. The summed E-state index contributed by atoms with van der Waals surface area (Å²) in [7, 11) is 0. The largest absolute Gasteiger partial charge is 0.339 e. The van der Waals surface area contributed by atoms with Gasteiger partial charge in [0.25, 0.3) is 0 Å². The van der Waals surface area contributed by atoms with E-state index in [2.05, 4.69) is 15.3 Å². The number of aromatic nitrogens is 2. The van der Waals surface area contributed by atoms with Gasteiger partial charge in [-0.25, -0.2) is 9.97 Å². The fraction of sp³-hybridized carbons (Fsp3) is 0.167. The summed E-state index contributed by atoms with van der Waals surface area (Å²) in [5.74, 6) is 1.26. The van der Waals surface area contributed by atoms with Crippen LogP contribution in [0.3, 0.4) is 0 Å². The van der Waals surface area contributed by atoms with E-state index in [4.69, 9.17) is 34.8 Å². The third-order valence-electron chi connectivity index (χ3n) is 2.27. The van der Waals surface area contributed by atoms with Crippen molar-refractivity contribution in [3.05, 3.63) is 45.3 Å². The predicted molar refractivity (Wildman–Crippen MR) is 76.2 cm³/mol. The lowest BCUT2D eigenvalue weighted by molar-refractivity contribution is 0.943. The highest BCUT2D eigenvalue weighted by molar-refractivity contribution is 6.43. The Morgan fingerprint density at radius 3 is 2.67 bits per heavy atom. The van der Waals surface area contributed by atoms with Crippen molar-refractivity contribution < 1.29 is 0 Å². The third kappa shape index (κ3) is 3.05. The van der Waals surface area contributed by atoms with Crippen LogP contribution in [0.25, 0.3) is 0 Å². The number of benzene rings is 1. The molecule has 0 bridgehead atoms. The summed E-state index contributed by atoms with van der Waals surface area (Å²) in [5.41, 5.74) is 0.681. The van der Waals surface area contributed by atoms with Crippen molar-refractivity contribution in [2.75, 3.05) is 5.32 Å². The second-order valence-corrected chi connectivity index (χ2v) is 4.74. The van der Waals surface area contributed by atoms with Gasteiger partial charge in [-0.3, -0.25) is 0 Å². The molecule has 0 amide bonds. The summed E-state index contributed by atoms with van der Waals surface area (Å²) in [6, 6.07) is 6.98. The number of aryl methyl sites for hydroxylation is 1. The highest BCUT2D eigenvalue weighted by atomic mass is 35.5. The predicted octanol–water partition coefficient (Wildman–Crippen LogP) is 4.74. The van der Waals surface area contributed by atoms with E-state index >= 15 is 0 Å². The number of nitrogens with one attached hydrogen (secondary N) is 1. The van der Waals surface area contributed by atoms with Crippen LogP contribution in [-0.4, -0.2) is 9.97 Å². The number of rotatable bonds is 3. The second kappa shape index (κ2) is 5.74. The van der Waals surface area contributed by atoms with E-state index in [1.54, 1.807) is 18.2 Å². The number of anilines is 2. The van der Waals surface area contributed by atoms with E-state index in [-0.39, 0.29) is 0 Å². The number of hydrogen-bond acceptors (Lipinski definition) is 3. The molecule has 0 aliphatic heterocycles.